The first-order valence-corrected chi connectivity index (χ1v) is 7.12. The van der Waals surface area contributed by atoms with Crippen LogP contribution in [0.1, 0.15) is 36.2 Å². The number of rotatable bonds is 4. The predicted octanol–water partition coefficient (Wildman–Crippen LogP) is 2.86. The van der Waals surface area contributed by atoms with Crippen molar-refractivity contribution in [2.24, 2.45) is 5.92 Å². The van der Waals surface area contributed by atoms with Crippen molar-refractivity contribution in [3.8, 4) is 0 Å². The average molecular weight is 333 g/mol. The minimum Gasteiger partial charge on any atom is -0.361 e. The highest BCUT2D eigenvalue weighted by atomic mass is 32.1. The molecule has 0 saturated carbocycles. The molecule has 0 aliphatic heterocycles. The lowest BCUT2D eigenvalue weighted by Crippen LogP contribution is -2.47. The topological polar surface area (TPSA) is 53.2 Å². The number of halogens is 3. The maximum atomic E-state index is 12.4. The average Bonchev–Trinajstić information content (AvgIpc) is 2.43. The van der Waals surface area contributed by atoms with Gasteiger partial charge < -0.3 is 5.32 Å². The van der Waals surface area contributed by atoms with Crippen molar-refractivity contribution in [1.29, 1.82) is 0 Å². The summed E-state index contributed by atoms with van der Waals surface area (Å²) in [5, 5.41) is 3.16. The van der Waals surface area contributed by atoms with Gasteiger partial charge in [0.25, 0.3) is 5.91 Å². The van der Waals surface area contributed by atoms with E-state index in [2.05, 4.69) is 30.0 Å². The highest BCUT2D eigenvalue weighted by Gasteiger charge is 2.30. The van der Waals surface area contributed by atoms with Crippen molar-refractivity contribution >= 4 is 23.2 Å². The molecule has 0 saturated heterocycles. The van der Waals surface area contributed by atoms with Crippen LogP contribution in [0, 0.1) is 5.92 Å². The second kappa shape index (κ2) is 7.98. The Morgan fingerprint density at radius 3 is 2.27 bits per heavy atom. The van der Waals surface area contributed by atoms with Crippen LogP contribution >= 0.6 is 12.2 Å². The Labute approximate surface area is 132 Å². The van der Waals surface area contributed by atoms with Crippen LogP contribution < -0.4 is 16.2 Å². The Hall–Kier alpha value is -1.83. The van der Waals surface area contributed by atoms with Crippen molar-refractivity contribution in [3.05, 3.63) is 35.4 Å². The number of carbonyl (C=O) groups is 1. The first kappa shape index (κ1) is 18.2. The fourth-order valence-electron chi connectivity index (χ4n) is 1.51. The summed E-state index contributed by atoms with van der Waals surface area (Å²) >= 11 is 4.96. The van der Waals surface area contributed by atoms with E-state index >= 15 is 0 Å². The number of thiocarbonyl (C=S) groups is 1. The third-order valence-electron chi connectivity index (χ3n) is 2.77. The molecule has 1 aromatic rings. The van der Waals surface area contributed by atoms with Gasteiger partial charge >= 0.3 is 6.18 Å². The lowest BCUT2D eigenvalue weighted by atomic mass is 10.1. The molecule has 0 aliphatic rings. The zero-order valence-corrected chi connectivity index (χ0v) is 13.1. The number of benzene rings is 1. The fourth-order valence-corrected chi connectivity index (χ4v) is 1.67. The number of carbonyl (C=O) groups excluding carboxylic acids is 1. The number of alkyl halides is 3. The molecule has 122 valence electrons. The molecule has 0 aromatic heterocycles. The third-order valence-corrected chi connectivity index (χ3v) is 3.02. The molecule has 0 heterocycles. The number of hydrazine groups is 1. The summed E-state index contributed by atoms with van der Waals surface area (Å²) < 4.78 is 37.2. The van der Waals surface area contributed by atoms with Gasteiger partial charge in [0.05, 0.1) is 5.56 Å². The molecular formula is C14H18F3N3OS. The van der Waals surface area contributed by atoms with Gasteiger partial charge in [-0.05, 0) is 48.8 Å². The summed E-state index contributed by atoms with van der Waals surface area (Å²) in [6, 6.07) is 3.92. The molecule has 0 unspecified atom stereocenters. The number of hydrogen-bond acceptors (Lipinski definition) is 2. The van der Waals surface area contributed by atoms with Crippen molar-refractivity contribution in [2.45, 2.75) is 26.4 Å². The Morgan fingerprint density at radius 1 is 1.18 bits per heavy atom. The number of nitrogens with one attached hydrogen (secondary N) is 3. The van der Waals surface area contributed by atoms with Crippen LogP contribution in [0.4, 0.5) is 13.2 Å². The maximum Gasteiger partial charge on any atom is 0.416 e. The largest absolute Gasteiger partial charge is 0.416 e. The van der Waals surface area contributed by atoms with E-state index in [0.717, 1.165) is 30.7 Å². The van der Waals surface area contributed by atoms with Crippen molar-refractivity contribution in [3.63, 3.8) is 0 Å². The van der Waals surface area contributed by atoms with E-state index in [-0.39, 0.29) is 10.7 Å². The molecule has 1 aromatic carbocycles. The van der Waals surface area contributed by atoms with Gasteiger partial charge in [-0.2, -0.15) is 13.2 Å². The van der Waals surface area contributed by atoms with E-state index in [9.17, 15) is 18.0 Å². The summed E-state index contributed by atoms with van der Waals surface area (Å²) in [7, 11) is 0. The van der Waals surface area contributed by atoms with Crippen LogP contribution in [0.15, 0.2) is 24.3 Å². The molecule has 0 fully saturated rings. The molecule has 1 rings (SSSR count). The van der Waals surface area contributed by atoms with Gasteiger partial charge in [-0.3, -0.25) is 15.6 Å². The molecule has 8 heteroatoms. The molecule has 0 aliphatic carbocycles. The minimum atomic E-state index is -4.42. The van der Waals surface area contributed by atoms with Gasteiger partial charge in [0, 0.05) is 12.1 Å². The summed E-state index contributed by atoms with van der Waals surface area (Å²) in [6.07, 6.45) is -3.50. The van der Waals surface area contributed by atoms with Gasteiger partial charge in [-0.25, -0.2) is 0 Å². The molecule has 3 N–H and O–H groups in total. The molecule has 4 nitrogen and oxygen atoms in total. The molecule has 1 amide bonds. The Morgan fingerprint density at radius 2 is 1.77 bits per heavy atom. The zero-order valence-electron chi connectivity index (χ0n) is 12.3. The fraction of sp³-hybridized carbons (Fsp3) is 0.429. The molecule has 0 spiro atoms. The summed E-state index contributed by atoms with van der Waals surface area (Å²) in [5.74, 6) is -0.0428. The summed E-state index contributed by atoms with van der Waals surface area (Å²) in [4.78, 5) is 11.7. The van der Waals surface area contributed by atoms with Gasteiger partial charge in [-0.1, -0.05) is 13.8 Å². The molecule has 22 heavy (non-hydrogen) atoms. The van der Waals surface area contributed by atoms with Crippen LogP contribution in [-0.4, -0.2) is 17.6 Å². The van der Waals surface area contributed by atoms with Crippen LogP contribution in [0.2, 0.25) is 0 Å². The first-order chi connectivity index (χ1) is 10.2. The SMILES string of the molecule is CC(C)CCNC(=S)NNC(=O)c1ccc(C(F)(F)F)cc1. The van der Waals surface area contributed by atoms with E-state index in [1.165, 1.54) is 0 Å². The van der Waals surface area contributed by atoms with Crippen LogP contribution in [0.25, 0.3) is 0 Å². The van der Waals surface area contributed by atoms with Crippen LogP contribution in [0.3, 0.4) is 0 Å². The predicted molar refractivity (Wildman–Crippen MR) is 82.1 cm³/mol. The van der Waals surface area contributed by atoms with E-state index in [1.54, 1.807) is 0 Å². The van der Waals surface area contributed by atoms with E-state index in [1.807, 2.05) is 0 Å². The van der Waals surface area contributed by atoms with E-state index in [4.69, 9.17) is 12.2 Å². The normalized spacial score (nSPS) is 11.2. The van der Waals surface area contributed by atoms with Crippen molar-refractivity contribution < 1.29 is 18.0 Å². The first-order valence-electron chi connectivity index (χ1n) is 6.71. The zero-order chi connectivity index (χ0) is 16.8. The van der Waals surface area contributed by atoms with Crippen LogP contribution in [0.5, 0.6) is 0 Å². The van der Waals surface area contributed by atoms with Crippen molar-refractivity contribution in [2.75, 3.05) is 6.54 Å². The summed E-state index contributed by atoms with van der Waals surface area (Å²) in [6.45, 7) is 4.81. The quantitative estimate of drug-likeness (QED) is 0.586. The Kier molecular flexibility index (Phi) is 6.61. The standard InChI is InChI=1S/C14H18F3N3OS/c1-9(2)7-8-18-13(22)20-19-12(21)10-3-5-11(6-4-10)14(15,16)17/h3-6,9H,7-8H2,1-2H3,(H,19,21)(H2,18,20,22). The number of hydrogen-bond donors (Lipinski definition) is 3. The highest BCUT2D eigenvalue weighted by molar-refractivity contribution is 7.80. The molecule has 0 atom stereocenters. The summed E-state index contributed by atoms with van der Waals surface area (Å²) in [5.41, 5.74) is 4.12. The smallest absolute Gasteiger partial charge is 0.361 e. The second-order valence-corrected chi connectivity index (χ2v) is 5.50. The second-order valence-electron chi connectivity index (χ2n) is 5.09. The molecular weight excluding hydrogens is 315 g/mol. The monoisotopic (exact) mass is 333 g/mol. The van der Waals surface area contributed by atoms with Gasteiger partial charge in [0.15, 0.2) is 5.11 Å². The highest BCUT2D eigenvalue weighted by Crippen LogP contribution is 2.28. The minimum absolute atomic E-state index is 0.102. The Bertz CT molecular complexity index is 515. The van der Waals surface area contributed by atoms with E-state index < -0.39 is 17.6 Å². The number of amides is 1. The van der Waals surface area contributed by atoms with Crippen molar-refractivity contribution in [1.82, 2.24) is 16.2 Å². The lowest BCUT2D eigenvalue weighted by molar-refractivity contribution is -0.137. The van der Waals surface area contributed by atoms with E-state index in [0.29, 0.717) is 12.5 Å². The van der Waals surface area contributed by atoms with Gasteiger partial charge in [-0.15, -0.1) is 0 Å². The van der Waals surface area contributed by atoms with Gasteiger partial charge in [0.1, 0.15) is 0 Å². The lowest BCUT2D eigenvalue weighted by Gasteiger charge is -2.12. The van der Waals surface area contributed by atoms with Crippen LogP contribution in [-0.2, 0) is 6.18 Å². The molecule has 0 bridgehead atoms. The molecule has 0 radical (unpaired) electrons. The maximum absolute atomic E-state index is 12.4. The van der Waals surface area contributed by atoms with Gasteiger partial charge in [0.2, 0.25) is 0 Å². The Balaban J connectivity index is 2.44. The third kappa shape index (κ3) is 6.30.